The first kappa shape index (κ1) is 18.0. The molecule has 0 amide bonds. The molecule has 1 aromatic rings. The lowest BCUT2D eigenvalue weighted by molar-refractivity contribution is 0.294. The van der Waals surface area contributed by atoms with E-state index in [2.05, 4.69) is 64.2 Å². The van der Waals surface area contributed by atoms with E-state index in [0.717, 1.165) is 31.7 Å². The van der Waals surface area contributed by atoms with E-state index in [9.17, 15) is 0 Å². The Morgan fingerprint density at radius 2 is 1.76 bits per heavy atom. The Balaban J connectivity index is 2.36. The van der Waals surface area contributed by atoms with E-state index in [1.165, 1.54) is 18.4 Å². The van der Waals surface area contributed by atoms with Crippen molar-refractivity contribution in [1.82, 2.24) is 5.32 Å². The standard InChI is InChI=1S/C19H33NO/c1-6-17(20-8-3)10-9-15-21-18-13-11-16(12-14-18)19(4,5)7-2/h11-14,17,20H,6-10,15H2,1-5H3. The molecule has 1 rings (SSSR count). The Morgan fingerprint density at radius 1 is 1.10 bits per heavy atom. The van der Waals surface area contributed by atoms with Gasteiger partial charge in [0.1, 0.15) is 5.75 Å². The van der Waals surface area contributed by atoms with Gasteiger partial charge in [0.2, 0.25) is 0 Å². The van der Waals surface area contributed by atoms with Crippen LogP contribution in [0.2, 0.25) is 0 Å². The lowest BCUT2D eigenvalue weighted by Crippen LogP contribution is -2.28. The van der Waals surface area contributed by atoms with E-state index >= 15 is 0 Å². The van der Waals surface area contributed by atoms with Crippen molar-refractivity contribution in [3.05, 3.63) is 29.8 Å². The van der Waals surface area contributed by atoms with Gasteiger partial charge in [-0.3, -0.25) is 0 Å². The molecule has 120 valence electrons. The van der Waals surface area contributed by atoms with Crippen LogP contribution in [0.15, 0.2) is 24.3 Å². The summed E-state index contributed by atoms with van der Waals surface area (Å²) in [5.74, 6) is 0.988. The molecule has 21 heavy (non-hydrogen) atoms. The fraction of sp³-hybridized carbons (Fsp3) is 0.684. The lowest BCUT2D eigenvalue weighted by atomic mass is 9.82. The molecule has 0 aliphatic rings. The second-order valence-corrected chi connectivity index (χ2v) is 6.42. The summed E-state index contributed by atoms with van der Waals surface area (Å²) in [4.78, 5) is 0. The molecule has 0 spiro atoms. The summed E-state index contributed by atoms with van der Waals surface area (Å²) < 4.78 is 5.85. The number of hydrogen-bond acceptors (Lipinski definition) is 2. The minimum Gasteiger partial charge on any atom is -0.494 e. The zero-order valence-corrected chi connectivity index (χ0v) is 14.5. The third kappa shape index (κ3) is 6.09. The highest BCUT2D eigenvalue weighted by Gasteiger charge is 2.17. The van der Waals surface area contributed by atoms with Crippen molar-refractivity contribution in [2.24, 2.45) is 0 Å². The fourth-order valence-electron chi connectivity index (χ4n) is 2.47. The normalized spacial score (nSPS) is 13.2. The summed E-state index contributed by atoms with van der Waals surface area (Å²) in [5.41, 5.74) is 1.63. The SMILES string of the molecule is CCNC(CC)CCCOc1ccc(C(C)(C)CC)cc1. The molecule has 1 atom stereocenters. The first-order valence-corrected chi connectivity index (χ1v) is 8.50. The second-order valence-electron chi connectivity index (χ2n) is 6.42. The molecular weight excluding hydrogens is 258 g/mol. The van der Waals surface area contributed by atoms with Gasteiger partial charge in [-0.2, -0.15) is 0 Å². The average molecular weight is 291 g/mol. The van der Waals surface area contributed by atoms with Crippen LogP contribution < -0.4 is 10.1 Å². The van der Waals surface area contributed by atoms with Gasteiger partial charge in [0, 0.05) is 6.04 Å². The zero-order chi connectivity index (χ0) is 15.7. The van der Waals surface area contributed by atoms with E-state index < -0.39 is 0 Å². The van der Waals surface area contributed by atoms with Crippen molar-refractivity contribution in [3.8, 4) is 5.75 Å². The molecule has 1 N–H and O–H groups in total. The number of hydrogen-bond donors (Lipinski definition) is 1. The van der Waals surface area contributed by atoms with Crippen LogP contribution in [0, 0.1) is 0 Å². The molecule has 1 aromatic carbocycles. The summed E-state index contributed by atoms with van der Waals surface area (Å²) >= 11 is 0. The molecule has 0 heterocycles. The predicted octanol–water partition coefficient (Wildman–Crippen LogP) is 4.92. The number of ether oxygens (including phenoxy) is 1. The largest absolute Gasteiger partial charge is 0.494 e. The van der Waals surface area contributed by atoms with Crippen LogP contribution in [0.3, 0.4) is 0 Å². The fourth-order valence-corrected chi connectivity index (χ4v) is 2.47. The Bertz CT molecular complexity index is 383. The molecule has 0 fully saturated rings. The smallest absolute Gasteiger partial charge is 0.119 e. The number of nitrogens with one attached hydrogen (secondary N) is 1. The first-order valence-electron chi connectivity index (χ1n) is 8.50. The van der Waals surface area contributed by atoms with E-state index in [1.807, 2.05) is 0 Å². The summed E-state index contributed by atoms with van der Waals surface area (Å²) in [5, 5.41) is 3.51. The molecule has 2 nitrogen and oxygen atoms in total. The molecule has 0 bridgehead atoms. The highest BCUT2D eigenvalue weighted by atomic mass is 16.5. The molecule has 0 aliphatic carbocycles. The van der Waals surface area contributed by atoms with Gasteiger partial charge in [-0.1, -0.05) is 46.8 Å². The van der Waals surface area contributed by atoms with Crippen LogP contribution in [0.1, 0.15) is 65.9 Å². The minimum atomic E-state index is 0.249. The molecule has 0 aliphatic heterocycles. The molecular formula is C19H33NO. The highest BCUT2D eigenvalue weighted by Crippen LogP contribution is 2.28. The van der Waals surface area contributed by atoms with E-state index in [-0.39, 0.29) is 5.41 Å². The summed E-state index contributed by atoms with van der Waals surface area (Å²) in [6.07, 6.45) is 4.63. The summed E-state index contributed by atoms with van der Waals surface area (Å²) in [7, 11) is 0. The Kier molecular flexibility index (Phi) is 7.81. The van der Waals surface area contributed by atoms with Crippen LogP contribution in [-0.2, 0) is 5.41 Å². The van der Waals surface area contributed by atoms with Gasteiger partial charge < -0.3 is 10.1 Å². The van der Waals surface area contributed by atoms with E-state index in [1.54, 1.807) is 0 Å². The predicted molar refractivity (Wildman–Crippen MR) is 92.2 cm³/mol. The molecule has 2 heteroatoms. The third-order valence-corrected chi connectivity index (χ3v) is 4.47. The quantitative estimate of drug-likeness (QED) is 0.618. The van der Waals surface area contributed by atoms with Gasteiger partial charge in [-0.25, -0.2) is 0 Å². The van der Waals surface area contributed by atoms with Crippen LogP contribution in [0.25, 0.3) is 0 Å². The van der Waals surface area contributed by atoms with Gasteiger partial charge in [0.25, 0.3) is 0 Å². The number of benzene rings is 1. The first-order chi connectivity index (χ1) is 10.0. The lowest BCUT2D eigenvalue weighted by Gasteiger charge is -2.23. The molecule has 0 saturated carbocycles. The Hall–Kier alpha value is -1.02. The van der Waals surface area contributed by atoms with E-state index in [4.69, 9.17) is 4.74 Å². The molecule has 0 saturated heterocycles. The van der Waals surface area contributed by atoms with Crippen LogP contribution in [0.4, 0.5) is 0 Å². The van der Waals surface area contributed by atoms with Crippen LogP contribution >= 0.6 is 0 Å². The van der Waals surface area contributed by atoms with Crippen LogP contribution in [-0.4, -0.2) is 19.2 Å². The van der Waals surface area contributed by atoms with Crippen molar-refractivity contribution < 1.29 is 4.74 Å². The summed E-state index contributed by atoms with van der Waals surface area (Å²) in [6.45, 7) is 13.1. The van der Waals surface area contributed by atoms with Crippen molar-refractivity contribution >= 4 is 0 Å². The minimum absolute atomic E-state index is 0.249. The Labute approximate surface area is 131 Å². The van der Waals surface area contributed by atoms with Gasteiger partial charge >= 0.3 is 0 Å². The van der Waals surface area contributed by atoms with Crippen molar-refractivity contribution in [3.63, 3.8) is 0 Å². The highest BCUT2D eigenvalue weighted by molar-refractivity contribution is 5.31. The Morgan fingerprint density at radius 3 is 2.29 bits per heavy atom. The third-order valence-electron chi connectivity index (χ3n) is 4.47. The van der Waals surface area contributed by atoms with Gasteiger partial charge in [-0.05, 0) is 55.3 Å². The van der Waals surface area contributed by atoms with Crippen molar-refractivity contribution in [1.29, 1.82) is 0 Å². The van der Waals surface area contributed by atoms with Crippen molar-refractivity contribution in [2.45, 2.75) is 71.8 Å². The zero-order valence-electron chi connectivity index (χ0n) is 14.5. The summed E-state index contributed by atoms with van der Waals surface area (Å²) in [6, 6.07) is 9.24. The second kappa shape index (κ2) is 9.09. The molecule has 1 unspecified atom stereocenters. The number of rotatable bonds is 10. The maximum atomic E-state index is 5.85. The average Bonchev–Trinajstić information content (AvgIpc) is 2.50. The van der Waals surface area contributed by atoms with Gasteiger partial charge in [-0.15, -0.1) is 0 Å². The van der Waals surface area contributed by atoms with Crippen molar-refractivity contribution in [2.75, 3.05) is 13.2 Å². The maximum absolute atomic E-state index is 5.85. The maximum Gasteiger partial charge on any atom is 0.119 e. The molecule has 0 radical (unpaired) electrons. The van der Waals surface area contributed by atoms with E-state index in [0.29, 0.717) is 6.04 Å². The molecule has 0 aromatic heterocycles. The van der Waals surface area contributed by atoms with Crippen LogP contribution in [0.5, 0.6) is 5.75 Å². The van der Waals surface area contributed by atoms with Gasteiger partial charge in [0.15, 0.2) is 0 Å². The topological polar surface area (TPSA) is 21.3 Å². The monoisotopic (exact) mass is 291 g/mol. The van der Waals surface area contributed by atoms with Gasteiger partial charge in [0.05, 0.1) is 6.61 Å².